The molecule has 0 radical (unpaired) electrons. The highest BCUT2D eigenvalue weighted by atomic mass is 16.5. The number of nitrogens with two attached hydrogens (primary N) is 1. The lowest BCUT2D eigenvalue weighted by Crippen LogP contribution is -2.30. The molecular formula is C26H33NO3. The first-order chi connectivity index (χ1) is 14.7. The van der Waals surface area contributed by atoms with Gasteiger partial charge in [-0.1, -0.05) is 66.7 Å². The molecule has 4 nitrogen and oxygen atoms in total. The van der Waals surface area contributed by atoms with E-state index >= 15 is 0 Å². The van der Waals surface area contributed by atoms with Gasteiger partial charge in [-0.05, 0) is 48.8 Å². The van der Waals surface area contributed by atoms with E-state index in [2.05, 4.69) is 65.4 Å². The van der Waals surface area contributed by atoms with Crippen LogP contribution in [-0.2, 0) is 20.9 Å². The summed E-state index contributed by atoms with van der Waals surface area (Å²) in [6.07, 6.45) is 9.67. The lowest BCUT2D eigenvalue weighted by atomic mass is 9.97. The molecule has 0 aliphatic heterocycles. The molecule has 0 aromatic heterocycles. The number of benzene rings is 2. The molecule has 3 atom stereocenters. The Balaban J connectivity index is 1.45. The molecule has 160 valence electrons. The maximum absolute atomic E-state index is 11.1. The molecule has 30 heavy (non-hydrogen) atoms. The van der Waals surface area contributed by atoms with Crippen LogP contribution in [0, 0.1) is 5.92 Å². The summed E-state index contributed by atoms with van der Waals surface area (Å²) >= 11 is 0. The molecule has 0 amide bonds. The van der Waals surface area contributed by atoms with E-state index in [9.17, 15) is 4.79 Å². The predicted octanol–water partition coefficient (Wildman–Crippen LogP) is 5.27. The van der Waals surface area contributed by atoms with E-state index in [4.69, 9.17) is 10.5 Å². The van der Waals surface area contributed by atoms with Crippen LogP contribution >= 0.6 is 0 Å². The molecular weight excluding hydrogens is 374 g/mol. The fraction of sp³-hybridized carbons (Fsp3) is 0.423. The summed E-state index contributed by atoms with van der Waals surface area (Å²) in [5.74, 6) is 0.205. The first-order valence-electron chi connectivity index (χ1n) is 10.9. The first kappa shape index (κ1) is 22.3. The molecule has 2 aromatic carbocycles. The van der Waals surface area contributed by atoms with Gasteiger partial charge < -0.3 is 15.2 Å². The summed E-state index contributed by atoms with van der Waals surface area (Å²) in [6.45, 7) is 0.617. The van der Waals surface area contributed by atoms with Gasteiger partial charge in [0.2, 0.25) is 0 Å². The van der Waals surface area contributed by atoms with Crippen LogP contribution in [0.5, 0.6) is 0 Å². The Morgan fingerprint density at radius 2 is 1.77 bits per heavy atom. The van der Waals surface area contributed by atoms with E-state index in [1.54, 1.807) is 0 Å². The van der Waals surface area contributed by atoms with Gasteiger partial charge >= 0.3 is 5.97 Å². The lowest BCUT2D eigenvalue weighted by Gasteiger charge is -2.22. The second-order valence-corrected chi connectivity index (χ2v) is 7.99. The average molecular weight is 408 g/mol. The average Bonchev–Trinajstić information content (AvgIpc) is 3.14. The van der Waals surface area contributed by atoms with Crippen molar-refractivity contribution in [3.8, 4) is 11.1 Å². The Labute approximate surface area is 180 Å². The molecule has 3 rings (SSSR count). The number of unbranched alkanes of at least 4 members (excludes halogenated alkanes) is 1. The highest BCUT2D eigenvalue weighted by Crippen LogP contribution is 2.31. The lowest BCUT2D eigenvalue weighted by molar-refractivity contribution is -0.140. The van der Waals surface area contributed by atoms with E-state index in [0.29, 0.717) is 18.9 Å². The topological polar surface area (TPSA) is 61.5 Å². The summed E-state index contributed by atoms with van der Waals surface area (Å²) in [6, 6.07) is 19.2. The highest BCUT2D eigenvalue weighted by molar-refractivity contribution is 5.69. The van der Waals surface area contributed by atoms with Crippen molar-refractivity contribution in [1.29, 1.82) is 0 Å². The number of hydrogen-bond donors (Lipinski definition) is 1. The third-order valence-corrected chi connectivity index (χ3v) is 5.89. The highest BCUT2D eigenvalue weighted by Gasteiger charge is 2.33. The Morgan fingerprint density at radius 1 is 1.03 bits per heavy atom. The van der Waals surface area contributed by atoms with Crippen molar-refractivity contribution in [1.82, 2.24) is 0 Å². The quantitative estimate of drug-likeness (QED) is 0.331. The van der Waals surface area contributed by atoms with Crippen LogP contribution < -0.4 is 5.73 Å². The minimum Gasteiger partial charge on any atom is -0.469 e. The van der Waals surface area contributed by atoms with Gasteiger partial charge in [0.1, 0.15) is 0 Å². The van der Waals surface area contributed by atoms with E-state index in [-0.39, 0.29) is 18.1 Å². The number of allylic oxidation sites excluding steroid dienone is 2. The summed E-state index contributed by atoms with van der Waals surface area (Å²) in [5.41, 5.74) is 9.98. The molecule has 0 bridgehead atoms. The van der Waals surface area contributed by atoms with Crippen LogP contribution in [0.3, 0.4) is 0 Å². The third kappa shape index (κ3) is 6.54. The molecule has 1 fully saturated rings. The fourth-order valence-electron chi connectivity index (χ4n) is 4.06. The van der Waals surface area contributed by atoms with E-state index < -0.39 is 0 Å². The summed E-state index contributed by atoms with van der Waals surface area (Å²) in [4.78, 5) is 11.1. The fourth-order valence-corrected chi connectivity index (χ4v) is 4.06. The van der Waals surface area contributed by atoms with Crippen molar-refractivity contribution in [3.63, 3.8) is 0 Å². The zero-order valence-corrected chi connectivity index (χ0v) is 17.8. The Kier molecular flexibility index (Phi) is 8.66. The molecule has 0 saturated heterocycles. The van der Waals surface area contributed by atoms with Gasteiger partial charge in [-0.15, -0.1) is 0 Å². The molecule has 1 aliphatic rings. The standard InChI is InChI=1S/C26H33NO3/c1-29-26(28)12-8-3-2-7-11-23-24(27)17-18-25(23)30-19-20-13-15-22(16-14-20)21-9-5-4-6-10-21/h2,4-7,9-10,13-16,23-25H,3,8,11-12,17-19,27H2,1H3/b7-2-/t23-,24+,25+/m1/s1. The van der Waals surface area contributed by atoms with Crippen LogP contribution in [0.1, 0.15) is 44.1 Å². The van der Waals surface area contributed by atoms with Gasteiger partial charge in [-0.25, -0.2) is 0 Å². The van der Waals surface area contributed by atoms with Crippen LogP contribution in [0.15, 0.2) is 66.7 Å². The van der Waals surface area contributed by atoms with Gasteiger partial charge in [-0.2, -0.15) is 0 Å². The van der Waals surface area contributed by atoms with Crippen LogP contribution in [0.25, 0.3) is 11.1 Å². The van der Waals surface area contributed by atoms with Gasteiger partial charge in [-0.3, -0.25) is 4.79 Å². The van der Waals surface area contributed by atoms with E-state index in [1.165, 1.54) is 23.8 Å². The molecule has 2 aromatic rings. The van der Waals surface area contributed by atoms with Gasteiger partial charge in [0, 0.05) is 18.4 Å². The van der Waals surface area contributed by atoms with E-state index in [1.807, 2.05) is 6.07 Å². The Hall–Kier alpha value is -2.43. The summed E-state index contributed by atoms with van der Waals surface area (Å²) < 4.78 is 10.9. The maximum atomic E-state index is 11.1. The predicted molar refractivity (Wildman–Crippen MR) is 121 cm³/mol. The monoisotopic (exact) mass is 407 g/mol. The van der Waals surface area contributed by atoms with Crippen molar-refractivity contribution < 1.29 is 14.3 Å². The normalized spacial score (nSPS) is 21.2. The Bertz CT molecular complexity index is 801. The number of hydrogen-bond acceptors (Lipinski definition) is 4. The second-order valence-electron chi connectivity index (χ2n) is 7.99. The number of carbonyl (C=O) groups is 1. The zero-order chi connectivity index (χ0) is 21.2. The molecule has 0 unspecified atom stereocenters. The minimum atomic E-state index is -0.147. The number of rotatable bonds is 10. The van der Waals surface area contributed by atoms with Crippen LogP contribution in [0.4, 0.5) is 0 Å². The SMILES string of the molecule is COC(=O)CCC/C=C\C[C@H]1[C@@H](OCc2ccc(-c3ccccc3)cc2)CC[C@@H]1N. The largest absolute Gasteiger partial charge is 0.469 e. The number of carbonyl (C=O) groups excluding carboxylic acids is 1. The smallest absolute Gasteiger partial charge is 0.305 e. The summed E-state index contributed by atoms with van der Waals surface area (Å²) in [5, 5.41) is 0. The second kappa shape index (κ2) is 11.7. The minimum absolute atomic E-state index is 0.147. The van der Waals surface area contributed by atoms with Crippen molar-refractivity contribution in [2.75, 3.05) is 7.11 Å². The first-order valence-corrected chi connectivity index (χ1v) is 10.9. The van der Waals surface area contributed by atoms with Gasteiger partial charge in [0.05, 0.1) is 19.8 Å². The molecule has 0 spiro atoms. The van der Waals surface area contributed by atoms with Crippen molar-refractivity contribution >= 4 is 5.97 Å². The van der Waals surface area contributed by atoms with E-state index in [0.717, 1.165) is 32.1 Å². The van der Waals surface area contributed by atoms with Gasteiger partial charge in [0.25, 0.3) is 0 Å². The molecule has 0 heterocycles. The van der Waals surface area contributed by atoms with Crippen molar-refractivity contribution in [2.24, 2.45) is 11.7 Å². The molecule has 1 saturated carbocycles. The Morgan fingerprint density at radius 3 is 2.50 bits per heavy atom. The maximum Gasteiger partial charge on any atom is 0.305 e. The van der Waals surface area contributed by atoms with Crippen LogP contribution in [-0.4, -0.2) is 25.2 Å². The molecule has 4 heteroatoms. The molecule has 1 aliphatic carbocycles. The number of esters is 1. The third-order valence-electron chi connectivity index (χ3n) is 5.89. The number of methoxy groups -OCH3 is 1. The van der Waals surface area contributed by atoms with Gasteiger partial charge in [0.15, 0.2) is 0 Å². The number of ether oxygens (including phenoxy) is 2. The molecule has 2 N–H and O–H groups in total. The van der Waals surface area contributed by atoms with Crippen molar-refractivity contribution in [2.45, 2.75) is 57.3 Å². The zero-order valence-electron chi connectivity index (χ0n) is 17.8. The summed E-state index contributed by atoms with van der Waals surface area (Å²) in [7, 11) is 1.43. The van der Waals surface area contributed by atoms with Crippen molar-refractivity contribution in [3.05, 3.63) is 72.3 Å². The van der Waals surface area contributed by atoms with Crippen LogP contribution in [0.2, 0.25) is 0 Å².